The van der Waals surface area contributed by atoms with Crippen LogP contribution in [0.3, 0.4) is 0 Å². The summed E-state index contributed by atoms with van der Waals surface area (Å²) in [7, 11) is -1.80. The van der Waals surface area contributed by atoms with E-state index in [1.807, 2.05) is 0 Å². The molecule has 0 unspecified atom stereocenters. The number of carbonyl (C=O) groups excluding carboxylic acids is 1. The van der Waals surface area contributed by atoms with Crippen LogP contribution in [0.5, 0.6) is 0 Å². The second-order valence-electron chi connectivity index (χ2n) is 4.82. The van der Waals surface area contributed by atoms with Crippen molar-refractivity contribution in [3.63, 3.8) is 0 Å². The van der Waals surface area contributed by atoms with Crippen LogP contribution in [0.25, 0.3) is 0 Å². The van der Waals surface area contributed by atoms with Crippen LogP contribution >= 0.6 is 11.6 Å². The van der Waals surface area contributed by atoms with Gasteiger partial charge in [0.05, 0.1) is 4.92 Å². The van der Waals surface area contributed by atoms with Crippen LogP contribution in [0.15, 0.2) is 36.4 Å². The third kappa shape index (κ3) is 3.86. The van der Waals surface area contributed by atoms with E-state index in [4.69, 9.17) is 11.6 Å². The highest BCUT2D eigenvalue weighted by atomic mass is 35.5. The van der Waals surface area contributed by atoms with E-state index in [9.17, 15) is 25.0 Å². The van der Waals surface area contributed by atoms with Crippen molar-refractivity contribution in [1.82, 2.24) is 0 Å². The van der Waals surface area contributed by atoms with E-state index in [1.54, 1.807) is 6.92 Å². The predicted octanol–water partition coefficient (Wildman–Crippen LogP) is 1.49. The van der Waals surface area contributed by atoms with Gasteiger partial charge in [0, 0.05) is 33.9 Å². The first-order chi connectivity index (χ1) is 10.8. The van der Waals surface area contributed by atoms with Crippen molar-refractivity contribution >= 4 is 41.5 Å². The molecule has 0 aliphatic heterocycles. The number of rotatable bonds is 4. The lowest BCUT2D eigenvalue weighted by Gasteiger charge is -2.10. The Morgan fingerprint density at radius 2 is 1.96 bits per heavy atom. The molecule has 0 radical (unpaired) electrons. The number of amides is 1. The van der Waals surface area contributed by atoms with Gasteiger partial charge >= 0.3 is 7.12 Å². The van der Waals surface area contributed by atoms with Crippen molar-refractivity contribution in [2.45, 2.75) is 6.92 Å². The van der Waals surface area contributed by atoms with E-state index in [0.717, 1.165) is 0 Å². The number of hydrogen-bond acceptors (Lipinski definition) is 5. The third-order valence-electron chi connectivity index (χ3n) is 3.21. The molecule has 2 aromatic carbocycles. The molecule has 0 saturated carbocycles. The summed E-state index contributed by atoms with van der Waals surface area (Å²) in [6.45, 7) is 1.63. The van der Waals surface area contributed by atoms with Gasteiger partial charge in [0.1, 0.15) is 0 Å². The maximum atomic E-state index is 12.2. The van der Waals surface area contributed by atoms with E-state index >= 15 is 0 Å². The van der Waals surface area contributed by atoms with Gasteiger partial charge in [0.25, 0.3) is 11.6 Å². The van der Waals surface area contributed by atoms with Crippen LogP contribution < -0.4 is 10.8 Å². The molecule has 2 rings (SSSR count). The van der Waals surface area contributed by atoms with Crippen molar-refractivity contribution in [2.75, 3.05) is 5.32 Å². The molecule has 0 aromatic heterocycles. The van der Waals surface area contributed by atoms with Gasteiger partial charge in [-0.1, -0.05) is 11.6 Å². The zero-order chi connectivity index (χ0) is 17.1. The first kappa shape index (κ1) is 16.9. The van der Waals surface area contributed by atoms with E-state index in [0.29, 0.717) is 11.3 Å². The van der Waals surface area contributed by atoms with Gasteiger partial charge in [-0.15, -0.1) is 0 Å². The second-order valence-corrected chi connectivity index (χ2v) is 5.23. The minimum Gasteiger partial charge on any atom is -0.423 e. The fourth-order valence-corrected chi connectivity index (χ4v) is 2.19. The number of nitrogens with zero attached hydrogens (tertiary/aromatic N) is 1. The lowest BCUT2D eigenvalue weighted by Crippen LogP contribution is -2.32. The highest BCUT2D eigenvalue weighted by Crippen LogP contribution is 2.22. The summed E-state index contributed by atoms with van der Waals surface area (Å²) in [5.74, 6) is -0.500. The van der Waals surface area contributed by atoms with Crippen LogP contribution in [0.1, 0.15) is 15.9 Å². The number of halogens is 1. The molecule has 3 N–H and O–H groups in total. The molecular formula is C14H12BClN2O5. The fraction of sp³-hybridized carbons (Fsp3) is 0.0714. The highest BCUT2D eigenvalue weighted by Gasteiger charge is 2.18. The molecule has 118 valence electrons. The summed E-state index contributed by atoms with van der Waals surface area (Å²) in [6, 6.07) is 8.15. The third-order valence-corrected chi connectivity index (χ3v) is 3.55. The van der Waals surface area contributed by atoms with Gasteiger partial charge in [-0.2, -0.15) is 0 Å². The molecule has 0 spiro atoms. The number of nitro benzene ring substituents is 1. The number of benzene rings is 2. The Labute approximate surface area is 136 Å². The lowest BCUT2D eigenvalue weighted by molar-refractivity contribution is -0.384. The molecule has 0 aliphatic carbocycles. The number of carbonyl (C=O) groups is 1. The molecule has 0 bridgehead atoms. The molecule has 2 aromatic rings. The van der Waals surface area contributed by atoms with Gasteiger partial charge < -0.3 is 15.4 Å². The minimum absolute atomic E-state index is 0.0136. The zero-order valence-electron chi connectivity index (χ0n) is 12.0. The normalized spacial score (nSPS) is 10.3. The lowest BCUT2D eigenvalue weighted by atomic mass is 9.79. The molecule has 9 heteroatoms. The van der Waals surface area contributed by atoms with Crippen molar-refractivity contribution in [3.8, 4) is 0 Å². The van der Waals surface area contributed by atoms with Gasteiger partial charge in [-0.25, -0.2) is 0 Å². The Morgan fingerprint density at radius 3 is 2.52 bits per heavy atom. The Kier molecular flexibility index (Phi) is 5.00. The van der Waals surface area contributed by atoms with Crippen LogP contribution in [-0.4, -0.2) is 28.0 Å². The summed E-state index contributed by atoms with van der Waals surface area (Å²) in [4.78, 5) is 22.4. The predicted molar refractivity (Wildman–Crippen MR) is 87.1 cm³/mol. The minimum atomic E-state index is -1.80. The van der Waals surface area contributed by atoms with E-state index in [-0.39, 0.29) is 21.7 Å². The van der Waals surface area contributed by atoms with E-state index < -0.39 is 17.9 Å². The first-order valence-electron chi connectivity index (χ1n) is 6.51. The van der Waals surface area contributed by atoms with Crippen LogP contribution in [0, 0.1) is 17.0 Å². The Balaban J connectivity index is 2.26. The number of nitro groups is 1. The summed E-state index contributed by atoms with van der Waals surface area (Å²) >= 11 is 5.81. The number of nitrogens with one attached hydrogen (secondary N) is 1. The van der Waals surface area contributed by atoms with Gasteiger partial charge in [-0.3, -0.25) is 14.9 Å². The zero-order valence-corrected chi connectivity index (χ0v) is 12.7. The Bertz CT molecular complexity index is 782. The molecule has 0 saturated heterocycles. The van der Waals surface area contributed by atoms with Crippen molar-refractivity contribution < 1.29 is 19.8 Å². The standard InChI is InChI=1S/C14H12BClN2O5/c1-8-6-10(18(22)23)3-5-13(8)17-14(19)9-2-4-12(16)11(7-9)15(20)21/h2-7,20-21H,1H3,(H,17,19). The highest BCUT2D eigenvalue weighted by molar-refractivity contribution is 6.62. The topological polar surface area (TPSA) is 113 Å². The molecule has 1 amide bonds. The van der Waals surface area contributed by atoms with Crippen molar-refractivity contribution in [3.05, 3.63) is 62.7 Å². The molecule has 0 atom stereocenters. The van der Waals surface area contributed by atoms with E-state index in [2.05, 4.69) is 5.32 Å². The molecule has 0 aliphatic rings. The Hall–Kier alpha value is -2.42. The summed E-state index contributed by atoms with van der Waals surface area (Å²) in [6.07, 6.45) is 0. The maximum Gasteiger partial charge on any atom is 0.489 e. The van der Waals surface area contributed by atoms with E-state index in [1.165, 1.54) is 36.4 Å². The summed E-state index contributed by atoms with van der Waals surface area (Å²) < 4.78 is 0. The summed E-state index contributed by atoms with van der Waals surface area (Å²) in [5, 5.41) is 31.8. The van der Waals surface area contributed by atoms with Crippen molar-refractivity contribution in [2.24, 2.45) is 0 Å². The SMILES string of the molecule is Cc1cc([N+](=O)[O-])ccc1NC(=O)c1ccc(Cl)c(B(O)O)c1. The largest absolute Gasteiger partial charge is 0.489 e. The van der Waals surface area contributed by atoms with Gasteiger partial charge in [-0.05, 0) is 36.8 Å². The van der Waals surface area contributed by atoms with Crippen LogP contribution in [0.4, 0.5) is 11.4 Å². The average molecular weight is 335 g/mol. The number of anilines is 1. The monoisotopic (exact) mass is 334 g/mol. The molecule has 23 heavy (non-hydrogen) atoms. The quantitative estimate of drug-likeness (QED) is 0.445. The Morgan fingerprint density at radius 1 is 1.26 bits per heavy atom. The molecular weight excluding hydrogens is 322 g/mol. The molecule has 0 heterocycles. The number of hydrogen-bond donors (Lipinski definition) is 3. The average Bonchev–Trinajstić information content (AvgIpc) is 2.49. The number of non-ortho nitro benzene ring substituents is 1. The molecule has 7 nitrogen and oxygen atoms in total. The maximum absolute atomic E-state index is 12.2. The second kappa shape index (κ2) is 6.78. The van der Waals surface area contributed by atoms with Crippen LogP contribution in [-0.2, 0) is 0 Å². The first-order valence-corrected chi connectivity index (χ1v) is 6.89. The fourth-order valence-electron chi connectivity index (χ4n) is 1.98. The van der Waals surface area contributed by atoms with Gasteiger partial charge in [0.2, 0.25) is 0 Å². The summed E-state index contributed by atoms with van der Waals surface area (Å²) in [5.41, 5.74) is 1.07. The number of aryl methyl sites for hydroxylation is 1. The van der Waals surface area contributed by atoms with Crippen molar-refractivity contribution in [1.29, 1.82) is 0 Å². The molecule has 0 fully saturated rings. The van der Waals surface area contributed by atoms with Crippen LogP contribution in [0.2, 0.25) is 5.02 Å². The smallest absolute Gasteiger partial charge is 0.423 e. The van der Waals surface area contributed by atoms with Gasteiger partial charge in [0.15, 0.2) is 0 Å².